The fourth-order valence-electron chi connectivity index (χ4n) is 4.25. The van der Waals surface area contributed by atoms with Crippen LogP contribution in [0.15, 0.2) is 30.3 Å². The van der Waals surface area contributed by atoms with E-state index >= 15 is 0 Å². The van der Waals surface area contributed by atoms with Crippen LogP contribution >= 0.6 is 0 Å². The summed E-state index contributed by atoms with van der Waals surface area (Å²) in [5.41, 5.74) is 1.01. The molecule has 170 valence electrons. The van der Waals surface area contributed by atoms with Gasteiger partial charge in [0, 0.05) is 19.2 Å². The number of anilines is 1. The summed E-state index contributed by atoms with van der Waals surface area (Å²) in [6, 6.07) is 8.58. The van der Waals surface area contributed by atoms with Crippen molar-refractivity contribution in [3.05, 3.63) is 36.2 Å². The normalized spacial score (nSPS) is 21.9. The fourth-order valence-corrected chi connectivity index (χ4v) is 4.25. The highest BCUT2D eigenvalue weighted by molar-refractivity contribution is 5.78. The molecule has 0 bridgehead atoms. The van der Waals surface area contributed by atoms with Crippen molar-refractivity contribution in [3.63, 3.8) is 0 Å². The quantitative estimate of drug-likeness (QED) is 0.645. The zero-order chi connectivity index (χ0) is 22.1. The topological polar surface area (TPSA) is 85.5 Å². The summed E-state index contributed by atoms with van der Waals surface area (Å²) in [5, 5.41) is 9.78. The number of rotatable bonds is 5. The third-order valence-electron chi connectivity index (χ3n) is 5.91. The molecular formula is C22H25F2N5O3. The van der Waals surface area contributed by atoms with Crippen LogP contribution in [0.5, 0.6) is 5.88 Å². The van der Waals surface area contributed by atoms with Crippen LogP contribution in [-0.4, -0.2) is 63.1 Å². The third-order valence-corrected chi connectivity index (χ3v) is 5.91. The Balaban J connectivity index is 1.58. The first-order valence-corrected chi connectivity index (χ1v) is 10.9. The predicted octanol–water partition coefficient (Wildman–Crippen LogP) is 3.27. The number of aliphatic hydroxyl groups excluding tert-OH is 1. The van der Waals surface area contributed by atoms with Crippen molar-refractivity contribution in [1.29, 1.82) is 0 Å². The molecule has 0 radical (unpaired) electrons. The van der Waals surface area contributed by atoms with Crippen LogP contribution in [0, 0.1) is 0 Å². The van der Waals surface area contributed by atoms with E-state index in [4.69, 9.17) is 9.47 Å². The summed E-state index contributed by atoms with van der Waals surface area (Å²) in [4.78, 5) is 15.3. The van der Waals surface area contributed by atoms with Crippen LogP contribution in [0.2, 0.25) is 0 Å². The van der Waals surface area contributed by atoms with Crippen LogP contribution in [-0.2, 0) is 4.74 Å². The number of aromatic nitrogens is 4. The molecule has 0 atom stereocenters. The molecule has 1 aliphatic heterocycles. The van der Waals surface area contributed by atoms with Gasteiger partial charge in [-0.1, -0.05) is 12.1 Å². The molecule has 32 heavy (non-hydrogen) atoms. The maximum atomic E-state index is 13.9. The highest BCUT2D eigenvalue weighted by Gasteiger charge is 2.25. The highest BCUT2D eigenvalue weighted by atomic mass is 19.3. The van der Waals surface area contributed by atoms with E-state index < -0.39 is 6.43 Å². The molecule has 1 aromatic carbocycles. The number of nitrogens with zero attached hydrogens (tertiary/aromatic N) is 5. The number of halogens is 2. The lowest BCUT2D eigenvalue weighted by molar-refractivity contribution is 0.0642. The van der Waals surface area contributed by atoms with E-state index in [2.05, 4.69) is 15.0 Å². The van der Waals surface area contributed by atoms with Crippen molar-refractivity contribution in [2.45, 2.75) is 44.3 Å². The summed E-state index contributed by atoms with van der Waals surface area (Å²) in [7, 11) is 0. The van der Waals surface area contributed by atoms with Gasteiger partial charge in [-0.3, -0.25) is 4.57 Å². The average Bonchev–Trinajstić information content (AvgIpc) is 3.21. The molecule has 2 aliphatic rings. The molecule has 2 fully saturated rings. The Kier molecular flexibility index (Phi) is 5.88. The zero-order valence-corrected chi connectivity index (χ0v) is 17.5. The van der Waals surface area contributed by atoms with Crippen molar-refractivity contribution in [2.24, 2.45) is 0 Å². The molecule has 1 saturated heterocycles. The van der Waals surface area contributed by atoms with E-state index in [1.165, 1.54) is 4.57 Å². The van der Waals surface area contributed by atoms with Gasteiger partial charge in [0.2, 0.25) is 11.8 Å². The molecule has 8 nitrogen and oxygen atoms in total. The van der Waals surface area contributed by atoms with Gasteiger partial charge in [0.05, 0.1) is 30.4 Å². The minimum absolute atomic E-state index is 0.0900. The first-order valence-electron chi connectivity index (χ1n) is 10.9. The smallest absolute Gasteiger partial charge is 0.296 e. The first kappa shape index (κ1) is 21.0. The minimum Gasteiger partial charge on any atom is -0.474 e. The van der Waals surface area contributed by atoms with Gasteiger partial charge in [0.25, 0.3) is 6.43 Å². The monoisotopic (exact) mass is 445 g/mol. The SMILES string of the molecule is OC1CCC(Oc2cc(-n3c(C(F)F)nc4ccccc43)nc(N3CCOCC3)n2)CC1. The summed E-state index contributed by atoms with van der Waals surface area (Å²) < 4.78 is 40.8. The van der Waals surface area contributed by atoms with Crippen LogP contribution in [0.25, 0.3) is 16.9 Å². The lowest BCUT2D eigenvalue weighted by Gasteiger charge is -2.29. The molecule has 0 spiro atoms. The lowest BCUT2D eigenvalue weighted by atomic mass is 9.95. The second kappa shape index (κ2) is 8.95. The summed E-state index contributed by atoms with van der Waals surface area (Å²) in [6.45, 7) is 2.29. The Morgan fingerprint density at radius 2 is 1.78 bits per heavy atom. The molecule has 1 aliphatic carbocycles. The Labute approximate surface area is 183 Å². The van der Waals surface area contributed by atoms with Crippen molar-refractivity contribution in [3.8, 4) is 11.7 Å². The second-order valence-electron chi connectivity index (χ2n) is 8.11. The van der Waals surface area contributed by atoms with Gasteiger partial charge in [0.1, 0.15) is 11.9 Å². The van der Waals surface area contributed by atoms with Gasteiger partial charge in [0.15, 0.2) is 5.82 Å². The second-order valence-corrected chi connectivity index (χ2v) is 8.11. The predicted molar refractivity (Wildman–Crippen MR) is 114 cm³/mol. The van der Waals surface area contributed by atoms with Crippen LogP contribution in [0.3, 0.4) is 0 Å². The Bertz CT molecular complexity index is 1080. The Morgan fingerprint density at radius 1 is 1.03 bits per heavy atom. The molecule has 10 heteroatoms. The number of ether oxygens (including phenoxy) is 2. The van der Waals surface area contributed by atoms with Gasteiger partial charge < -0.3 is 19.5 Å². The van der Waals surface area contributed by atoms with Crippen molar-refractivity contribution >= 4 is 17.0 Å². The van der Waals surface area contributed by atoms with Gasteiger partial charge in [-0.05, 0) is 37.8 Å². The number of fused-ring (bicyclic) bond motifs is 1. The van der Waals surface area contributed by atoms with Crippen molar-refractivity contribution in [2.75, 3.05) is 31.2 Å². The van der Waals surface area contributed by atoms with Gasteiger partial charge in [-0.2, -0.15) is 9.97 Å². The summed E-state index contributed by atoms with van der Waals surface area (Å²) in [5.74, 6) is 0.659. The summed E-state index contributed by atoms with van der Waals surface area (Å²) >= 11 is 0. The van der Waals surface area contributed by atoms with Crippen LogP contribution < -0.4 is 9.64 Å². The number of imidazole rings is 1. The zero-order valence-electron chi connectivity index (χ0n) is 17.5. The van der Waals surface area contributed by atoms with Gasteiger partial charge >= 0.3 is 0 Å². The molecule has 3 aromatic rings. The summed E-state index contributed by atoms with van der Waals surface area (Å²) in [6.07, 6.45) is -0.402. The fraction of sp³-hybridized carbons (Fsp3) is 0.500. The number of hydrogen-bond donors (Lipinski definition) is 1. The first-order chi connectivity index (χ1) is 15.6. The van der Waals surface area contributed by atoms with Gasteiger partial charge in [-0.25, -0.2) is 13.8 Å². The number of alkyl halides is 2. The van der Waals surface area contributed by atoms with Crippen LogP contribution in [0.4, 0.5) is 14.7 Å². The number of para-hydroxylation sites is 2. The number of benzene rings is 1. The largest absolute Gasteiger partial charge is 0.474 e. The molecular weight excluding hydrogens is 420 g/mol. The van der Waals surface area contributed by atoms with Crippen molar-refractivity contribution < 1.29 is 23.4 Å². The molecule has 0 unspecified atom stereocenters. The average molecular weight is 445 g/mol. The van der Waals surface area contributed by atoms with E-state index in [1.807, 2.05) is 4.90 Å². The molecule has 3 heterocycles. The number of aliphatic hydroxyl groups is 1. The Hall–Kier alpha value is -2.85. The molecule has 1 N–H and O–H groups in total. The highest BCUT2D eigenvalue weighted by Crippen LogP contribution is 2.30. The maximum absolute atomic E-state index is 13.9. The van der Waals surface area contributed by atoms with Gasteiger partial charge in [-0.15, -0.1) is 0 Å². The molecule has 0 amide bonds. The van der Waals surface area contributed by atoms with E-state index in [0.29, 0.717) is 74.8 Å². The van der Waals surface area contributed by atoms with E-state index in [9.17, 15) is 13.9 Å². The molecule has 1 saturated carbocycles. The maximum Gasteiger partial charge on any atom is 0.296 e. The Morgan fingerprint density at radius 3 is 2.53 bits per heavy atom. The molecule has 5 rings (SSSR count). The lowest BCUT2D eigenvalue weighted by Crippen LogP contribution is -2.37. The van der Waals surface area contributed by atoms with E-state index in [0.717, 1.165) is 0 Å². The van der Waals surface area contributed by atoms with E-state index in [1.54, 1.807) is 30.3 Å². The minimum atomic E-state index is -2.77. The standard InChI is InChI=1S/C22H25F2N5O3/c23-20(24)21-25-16-3-1-2-4-17(16)29(21)18-13-19(32-15-7-5-14(30)6-8-15)27-22(26-18)28-9-11-31-12-10-28/h1-4,13-15,20,30H,5-12H2. The number of morpholine rings is 1. The van der Waals surface area contributed by atoms with Crippen LogP contribution in [0.1, 0.15) is 37.9 Å². The van der Waals surface area contributed by atoms with Crippen molar-refractivity contribution in [1.82, 2.24) is 19.5 Å². The molecule has 2 aromatic heterocycles. The number of hydrogen-bond acceptors (Lipinski definition) is 7. The van der Waals surface area contributed by atoms with E-state index in [-0.39, 0.29) is 23.9 Å². The third kappa shape index (κ3) is 4.24.